The molecule has 0 radical (unpaired) electrons. The summed E-state index contributed by atoms with van der Waals surface area (Å²) >= 11 is 0. The van der Waals surface area contributed by atoms with Gasteiger partial charge in [-0.1, -0.05) is 0 Å². The lowest BCUT2D eigenvalue weighted by molar-refractivity contribution is -0.141. The van der Waals surface area contributed by atoms with Gasteiger partial charge in [-0.2, -0.15) is 0 Å². The smallest absolute Gasteiger partial charge is 0.270 e. The summed E-state index contributed by atoms with van der Waals surface area (Å²) in [7, 11) is 0. The third-order valence-electron chi connectivity index (χ3n) is 7.44. The van der Waals surface area contributed by atoms with E-state index in [1.807, 2.05) is 21.9 Å². The van der Waals surface area contributed by atoms with E-state index in [0.29, 0.717) is 43.2 Å². The van der Waals surface area contributed by atoms with Crippen molar-refractivity contribution in [3.8, 4) is 0 Å². The Hall–Kier alpha value is -1.78. The number of hydrogen-bond acceptors (Lipinski definition) is 2. The predicted molar refractivity (Wildman–Crippen MR) is 98.5 cm³/mol. The van der Waals surface area contributed by atoms with Crippen LogP contribution in [0, 0.1) is 23.2 Å². The van der Waals surface area contributed by atoms with Gasteiger partial charge in [-0.25, -0.2) is 0 Å². The van der Waals surface area contributed by atoms with Crippen LogP contribution in [0.25, 0.3) is 0 Å². The molecule has 2 heterocycles. The number of aromatic nitrogens is 1. The minimum atomic E-state index is 0.0446. The predicted octanol–water partition coefficient (Wildman–Crippen LogP) is 2.91. The first-order valence-electron chi connectivity index (χ1n) is 10.3. The van der Waals surface area contributed by atoms with Gasteiger partial charge >= 0.3 is 0 Å². The Balaban J connectivity index is 1.18. The highest BCUT2D eigenvalue weighted by Gasteiger charge is 2.51. The Bertz CT molecular complexity index is 653. The van der Waals surface area contributed by atoms with Gasteiger partial charge in [0.2, 0.25) is 5.91 Å². The fourth-order valence-electron chi connectivity index (χ4n) is 6.73. The van der Waals surface area contributed by atoms with E-state index in [2.05, 4.69) is 4.98 Å². The lowest BCUT2D eigenvalue weighted by Gasteiger charge is -2.57. The highest BCUT2D eigenvalue weighted by Crippen LogP contribution is 2.61. The molecule has 0 spiro atoms. The van der Waals surface area contributed by atoms with Gasteiger partial charge in [0, 0.05) is 38.8 Å². The zero-order valence-electron chi connectivity index (χ0n) is 15.5. The van der Waals surface area contributed by atoms with Gasteiger partial charge in [0.1, 0.15) is 5.69 Å². The molecule has 0 aromatic carbocycles. The quantitative estimate of drug-likeness (QED) is 0.906. The first kappa shape index (κ1) is 16.4. The molecule has 2 amide bonds. The van der Waals surface area contributed by atoms with Gasteiger partial charge in [0.15, 0.2) is 0 Å². The zero-order chi connectivity index (χ0) is 17.7. The van der Waals surface area contributed by atoms with Crippen molar-refractivity contribution < 1.29 is 9.59 Å². The lowest BCUT2D eigenvalue weighted by atomic mass is 9.49. The number of carbonyl (C=O) groups is 2. The molecule has 5 fully saturated rings. The number of nitrogens with one attached hydrogen (secondary N) is 1. The molecule has 5 nitrogen and oxygen atoms in total. The molecule has 4 aliphatic carbocycles. The van der Waals surface area contributed by atoms with Crippen LogP contribution >= 0.6 is 0 Å². The van der Waals surface area contributed by atoms with Gasteiger partial charge in [0.25, 0.3) is 5.91 Å². The van der Waals surface area contributed by atoms with Crippen LogP contribution in [0.3, 0.4) is 0 Å². The second-order valence-corrected chi connectivity index (χ2v) is 9.35. The summed E-state index contributed by atoms with van der Waals surface area (Å²) in [4.78, 5) is 32.3. The van der Waals surface area contributed by atoms with E-state index >= 15 is 0 Å². The van der Waals surface area contributed by atoms with Crippen molar-refractivity contribution >= 4 is 11.8 Å². The Labute approximate surface area is 155 Å². The molecule has 26 heavy (non-hydrogen) atoms. The van der Waals surface area contributed by atoms with Crippen LogP contribution in [0.5, 0.6) is 0 Å². The van der Waals surface area contributed by atoms with Crippen LogP contribution in [-0.2, 0) is 4.79 Å². The number of H-pyrrole nitrogens is 1. The lowest BCUT2D eigenvalue weighted by Crippen LogP contribution is -2.53. The maximum atomic E-state index is 13.0. The summed E-state index contributed by atoms with van der Waals surface area (Å²) in [5, 5.41) is 0. The van der Waals surface area contributed by atoms with E-state index < -0.39 is 0 Å². The summed E-state index contributed by atoms with van der Waals surface area (Å²) in [6, 6.07) is 3.66. The molecular formula is C21H29N3O2. The zero-order valence-corrected chi connectivity index (χ0v) is 15.5. The summed E-state index contributed by atoms with van der Waals surface area (Å²) in [5.74, 6) is 3.06. The standard InChI is InChI=1S/C21H29N3O2/c25-19(14-21-11-15-8-16(12-21)10-17(9-15)13-21)23-4-6-24(7-5-23)20(26)18-2-1-3-22-18/h1-3,15-17,22H,4-14H2. The van der Waals surface area contributed by atoms with E-state index in [9.17, 15) is 9.59 Å². The van der Waals surface area contributed by atoms with Crippen LogP contribution < -0.4 is 0 Å². The molecule has 5 heteroatoms. The molecular weight excluding hydrogens is 326 g/mol. The molecule has 1 aromatic rings. The van der Waals surface area contributed by atoms with Crippen molar-refractivity contribution in [2.75, 3.05) is 26.2 Å². The third-order valence-corrected chi connectivity index (χ3v) is 7.44. The average Bonchev–Trinajstić information content (AvgIpc) is 3.14. The van der Waals surface area contributed by atoms with E-state index in [1.165, 1.54) is 38.5 Å². The first-order valence-corrected chi connectivity index (χ1v) is 10.3. The van der Waals surface area contributed by atoms with Crippen LogP contribution in [0.4, 0.5) is 0 Å². The Morgan fingerprint density at radius 3 is 2.08 bits per heavy atom. The third kappa shape index (κ3) is 2.85. The van der Waals surface area contributed by atoms with Crippen molar-refractivity contribution in [1.82, 2.24) is 14.8 Å². The summed E-state index contributed by atoms with van der Waals surface area (Å²) in [6.07, 6.45) is 10.7. The van der Waals surface area contributed by atoms with E-state index in [1.54, 1.807) is 6.20 Å². The van der Waals surface area contributed by atoms with Gasteiger partial charge in [0.05, 0.1) is 0 Å². The number of amides is 2. The number of piperazine rings is 1. The Morgan fingerprint density at radius 1 is 0.962 bits per heavy atom. The normalized spacial score (nSPS) is 35.8. The maximum absolute atomic E-state index is 13.0. The molecule has 0 atom stereocenters. The molecule has 1 saturated heterocycles. The summed E-state index contributed by atoms with van der Waals surface area (Å²) < 4.78 is 0. The highest BCUT2D eigenvalue weighted by molar-refractivity contribution is 5.92. The minimum absolute atomic E-state index is 0.0446. The molecule has 4 bridgehead atoms. The minimum Gasteiger partial charge on any atom is -0.357 e. The van der Waals surface area contributed by atoms with Crippen LogP contribution in [-0.4, -0.2) is 52.8 Å². The summed E-state index contributed by atoms with van der Waals surface area (Å²) in [6.45, 7) is 2.64. The topological polar surface area (TPSA) is 56.4 Å². The fourth-order valence-corrected chi connectivity index (χ4v) is 6.73. The Morgan fingerprint density at radius 2 is 1.54 bits per heavy atom. The monoisotopic (exact) mass is 355 g/mol. The number of nitrogens with zero attached hydrogens (tertiary/aromatic N) is 2. The second-order valence-electron chi connectivity index (χ2n) is 9.35. The average molecular weight is 355 g/mol. The first-order chi connectivity index (χ1) is 12.6. The van der Waals surface area contributed by atoms with Crippen LogP contribution in [0.2, 0.25) is 0 Å². The van der Waals surface area contributed by atoms with E-state index in [-0.39, 0.29) is 5.91 Å². The van der Waals surface area contributed by atoms with E-state index in [0.717, 1.165) is 24.2 Å². The van der Waals surface area contributed by atoms with Crippen molar-refractivity contribution in [2.24, 2.45) is 23.2 Å². The number of aromatic amines is 1. The number of carbonyl (C=O) groups excluding carboxylic acids is 2. The van der Waals surface area contributed by atoms with Gasteiger partial charge in [-0.15, -0.1) is 0 Å². The molecule has 1 aliphatic heterocycles. The maximum Gasteiger partial charge on any atom is 0.270 e. The molecule has 140 valence electrons. The van der Waals surface area contributed by atoms with Gasteiger partial charge in [-0.05, 0) is 73.8 Å². The molecule has 4 saturated carbocycles. The molecule has 1 N–H and O–H groups in total. The molecule has 0 unspecified atom stereocenters. The Kier molecular flexibility index (Phi) is 3.87. The van der Waals surface area contributed by atoms with Crippen molar-refractivity contribution in [3.05, 3.63) is 24.0 Å². The largest absolute Gasteiger partial charge is 0.357 e. The van der Waals surface area contributed by atoms with Gasteiger partial charge < -0.3 is 14.8 Å². The van der Waals surface area contributed by atoms with E-state index in [4.69, 9.17) is 0 Å². The number of rotatable bonds is 3. The highest BCUT2D eigenvalue weighted by atomic mass is 16.2. The number of hydrogen-bond donors (Lipinski definition) is 1. The second kappa shape index (κ2) is 6.14. The van der Waals surface area contributed by atoms with Crippen molar-refractivity contribution in [2.45, 2.75) is 44.9 Å². The molecule has 1 aromatic heterocycles. The molecule has 5 aliphatic rings. The van der Waals surface area contributed by atoms with Crippen LogP contribution in [0.15, 0.2) is 18.3 Å². The summed E-state index contributed by atoms with van der Waals surface area (Å²) in [5.41, 5.74) is 0.946. The van der Waals surface area contributed by atoms with Crippen molar-refractivity contribution in [3.63, 3.8) is 0 Å². The fraction of sp³-hybridized carbons (Fsp3) is 0.714. The van der Waals surface area contributed by atoms with Crippen LogP contribution in [0.1, 0.15) is 55.4 Å². The molecule has 6 rings (SSSR count). The van der Waals surface area contributed by atoms with Gasteiger partial charge in [-0.3, -0.25) is 9.59 Å². The SMILES string of the molecule is O=C(CC12CC3CC(CC(C3)C1)C2)N1CCN(C(=O)c2ccc[nH]2)CC1. The van der Waals surface area contributed by atoms with Crippen molar-refractivity contribution in [1.29, 1.82) is 0 Å².